The van der Waals surface area contributed by atoms with E-state index >= 15 is 0 Å². The second-order valence-corrected chi connectivity index (χ2v) is 10.2. The highest BCUT2D eigenvalue weighted by Crippen LogP contribution is 2.27. The Labute approximate surface area is 179 Å². The highest BCUT2D eigenvalue weighted by atomic mass is 32.2. The van der Waals surface area contributed by atoms with Crippen molar-refractivity contribution in [2.75, 3.05) is 40.0 Å². The zero-order chi connectivity index (χ0) is 21.8. The third-order valence-corrected chi connectivity index (χ3v) is 7.48. The number of morpholine rings is 1. The minimum absolute atomic E-state index is 0.00279. The molecule has 0 spiro atoms. The Morgan fingerprint density at radius 1 is 1.23 bits per heavy atom. The Hall–Kier alpha value is -1.68. The fourth-order valence-electron chi connectivity index (χ4n) is 4.03. The van der Waals surface area contributed by atoms with Gasteiger partial charge in [0, 0.05) is 36.8 Å². The Kier molecular flexibility index (Phi) is 7.38. The first-order chi connectivity index (χ1) is 14.2. The van der Waals surface area contributed by atoms with Gasteiger partial charge < -0.3 is 14.8 Å². The summed E-state index contributed by atoms with van der Waals surface area (Å²) in [5, 5.41) is 2.95. The van der Waals surface area contributed by atoms with E-state index < -0.39 is 10.0 Å². The van der Waals surface area contributed by atoms with Crippen molar-refractivity contribution in [3.05, 3.63) is 23.8 Å². The molecule has 1 amide bonds. The topological polar surface area (TPSA) is 97.0 Å². The lowest BCUT2D eigenvalue weighted by Gasteiger charge is -2.40. The molecule has 1 saturated heterocycles. The number of rotatable bonds is 8. The van der Waals surface area contributed by atoms with Gasteiger partial charge in [-0.05, 0) is 44.9 Å². The average Bonchev–Trinajstić information content (AvgIpc) is 3.24. The predicted molar refractivity (Wildman–Crippen MR) is 114 cm³/mol. The molecule has 1 saturated carbocycles. The van der Waals surface area contributed by atoms with Gasteiger partial charge in [0.05, 0.1) is 20.3 Å². The zero-order valence-electron chi connectivity index (χ0n) is 18.1. The summed E-state index contributed by atoms with van der Waals surface area (Å²) in [6.07, 6.45) is 3.70. The highest BCUT2D eigenvalue weighted by Gasteiger charge is 2.30. The predicted octanol–water partition coefficient (Wildman–Crippen LogP) is 1.76. The minimum atomic E-state index is -3.78. The molecule has 2 fully saturated rings. The van der Waals surface area contributed by atoms with Gasteiger partial charge in [-0.15, -0.1) is 0 Å². The van der Waals surface area contributed by atoms with Crippen molar-refractivity contribution >= 4 is 15.9 Å². The molecule has 9 heteroatoms. The Morgan fingerprint density at radius 2 is 1.90 bits per heavy atom. The Balaban J connectivity index is 1.72. The van der Waals surface area contributed by atoms with E-state index in [1.807, 2.05) is 0 Å². The van der Waals surface area contributed by atoms with Crippen LogP contribution >= 0.6 is 0 Å². The van der Waals surface area contributed by atoms with Gasteiger partial charge in [-0.2, -0.15) is 0 Å². The summed E-state index contributed by atoms with van der Waals surface area (Å²) in [5.74, 6) is -0.0815. The summed E-state index contributed by atoms with van der Waals surface area (Å²) < 4.78 is 39.3. The minimum Gasteiger partial charge on any atom is -0.495 e. The lowest BCUT2D eigenvalue weighted by molar-refractivity contribution is -0.00923. The second kappa shape index (κ2) is 9.64. The monoisotopic (exact) mass is 439 g/mol. The third-order valence-electron chi connectivity index (χ3n) is 5.94. The summed E-state index contributed by atoms with van der Waals surface area (Å²) >= 11 is 0. The van der Waals surface area contributed by atoms with E-state index in [-0.39, 0.29) is 28.1 Å². The van der Waals surface area contributed by atoms with Crippen LogP contribution in [0.15, 0.2) is 23.1 Å². The summed E-state index contributed by atoms with van der Waals surface area (Å²) in [6, 6.07) is 4.45. The zero-order valence-corrected chi connectivity index (χ0v) is 18.9. The molecule has 1 aliphatic heterocycles. The molecule has 1 aliphatic carbocycles. The standard InChI is InChI=1S/C21H33N3O5S/c1-21(2,24-10-12-29-13-11-24)15-22-20(25)16-8-9-18(28-3)19(14-16)30(26,27)23-17-6-4-5-7-17/h8-9,14,17,23H,4-7,10-13,15H2,1-3H3,(H,22,25). The molecule has 168 valence electrons. The maximum Gasteiger partial charge on any atom is 0.251 e. The van der Waals surface area contributed by atoms with Gasteiger partial charge in [0.2, 0.25) is 10.0 Å². The molecule has 3 rings (SSSR count). The lowest BCUT2D eigenvalue weighted by Crippen LogP contribution is -2.55. The SMILES string of the molecule is COc1ccc(C(=O)NCC(C)(C)N2CCOCC2)cc1S(=O)(=O)NC1CCCC1. The maximum atomic E-state index is 12.9. The quantitative estimate of drug-likeness (QED) is 0.641. The van der Waals surface area contributed by atoms with E-state index in [1.165, 1.54) is 19.2 Å². The van der Waals surface area contributed by atoms with Crippen LogP contribution in [0, 0.1) is 0 Å². The molecule has 8 nitrogen and oxygen atoms in total. The first kappa shape index (κ1) is 23.0. The van der Waals surface area contributed by atoms with Gasteiger partial charge in [0.25, 0.3) is 5.91 Å². The molecule has 1 heterocycles. The van der Waals surface area contributed by atoms with Crippen molar-refractivity contribution in [3.63, 3.8) is 0 Å². The number of carbonyl (C=O) groups is 1. The highest BCUT2D eigenvalue weighted by molar-refractivity contribution is 7.89. The number of sulfonamides is 1. The number of nitrogens with zero attached hydrogens (tertiary/aromatic N) is 1. The molecule has 0 aromatic heterocycles. The van der Waals surface area contributed by atoms with Crippen LogP contribution in [-0.2, 0) is 14.8 Å². The number of hydrogen-bond donors (Lipinski definition) is 2. The molecular weight excluding hydrogens is 406 g/mol. The molecule has 0 atom stereocenters. The Bertz CT molecular complexity index is 844. The van der Waals surface area contributed by atoms with E-state index in [0.717, 1.165) is 38.8 Å². The van der Waals surface area contributed by atoms with Crippen molar-refractivity contribution in [1.82, 2.24) is 14.9 Å². The van der Waals surface area contributed by atoms with Crippen molar-refractivity contribution in [3.8, 4) is 5.75 Å². The van der Waals surface area contributed by atoms with E-state index in [2.05, 4.69) is 28.8 Å². The first-order valence-corrected chi connectivity index (χ1v) is 12.0. The van der Waals surface area contributed by atoms with Gasteiger partial charge in [-0.3, -0.25) is 9.69 Å². The number of benzene rings is 1. The van der Waals surface area contributed by atoms with Crippen LogP contribution in [0.4, 0.5) is 0 Å². The fraction of sp³-hybridized carbons (Fsp3) is 0.667. The number of methoxy groups -OCH3 is 1. The van der Waals surface area contributed by atoms with Crippen LogP contribution in [0.3, 0.4) is 0 Å². The van der Waals surface area contributed by atoms with Crippen LogP contribution in [-0.4, -0.2) is 70.8 Å². The number of carbonyl (C=O) groups excluding carboxylic acids is 1. The van der Waals surface area contributed by atoms with E-state index in [4.69, 9.17) is 9.47 Å². The van der Waals surface area contributed by atoms with Crippen molar-refractivity contribution in [2.24, 2.45) is 0 Å². The van der Waals surface area contributed by atoms with Gasteiger partial charge >= 0.3 is 0 Å². The number of amides is 1. The van der Waals surface area contributed by atoms with Crippen LogP contribution in [0.2, 0.25) is 0 Å². The van der Waals surface area contributed by atoms with Crippen LogP contribution in [0.25, 0.3) is 0 Å². The molecule has 2 aliphatic rings. The van der Waals surface area contributed by atoms with Gasteiger partial charge in [0.15, 0.2) is 0 Å². The van der Waals surface area contributed by atoms with E-state index in [0.29, 0.717) is 25.3 Å². The molecule has 1 aromatic rings. The first-order valence-electron chi connectivity index (χ1n) is 10.5. The number of nitrogens with one attached hydrogen (secondary N) is 2. The normalized spacial score (nSPS) is 19.0. The van der Waals surface area contributed by atoms with Crippen molar-refractivity contribution in [2.45, 2.75) is 56.0 Å². The van der Waals surface area contributed by atoms with Gasteiger partial charge in [0.1, 0.15) is 10.6 Å². The average molecular weight is 440 g/mol. The summed E-state index contributed by atoms with van der Waals surface area (Å²) in [7, 11) is -2.35. The lowest BCUT2D eigenvalue weighted by atomic mass is 10.0. The van der Waals surface area contributed by atoms with Gasteiger partial charge in [-0.25, -0.2) is 13.1 Å². The molecule has 2 N–H and O–H groups in total. The third kappa shape index (κ3) is 5.51. The maximum absolute atomic E-state index is 12.9. The van der Waals surface area contributed by atoms with E-state index in [9.17, 15) is 13.2 Å². The van der Waals surface area contributed by atoms with Crippen molar-refractivity contribution in [1.29, 1.82) is 0 Å². The van der Waals surface area contributed by atoms with Crippen molar-refractivity contribution < 1.29 is 22.7 Å². The summed E-state index contributed by atoms with van der Waals surface area (Å²) in [4.78, 5) is 15.1. The number of ether oxygens (including phenoxy) is 2. The van der Waals surface area contributed by atoms with Crippen LogP contribution in [0.5, 0.6) is 5.75 Å². The van der Waals surface area contributed by atoms with Crippen LogP contribution in [0.1, 0.15) is 49.9 Å². The van der Waals surface area contributed by atoms with Crippen LogP contribution < -0.4 is 14.8 Å². The van der Waals surface area contributed by atoms with Gasteiger partial charge in [-0.1, -0.05) is 12.8 Å². The second-order valence-electron chi connectivity index (χ2n) is 8.56. The molecule has 0 radical (unpaired) electrons. The number of hydrogen-bond acceptors (Lipinski definition) is 6. The molecule has 30 heavy (non-hydrogen) atoms. The smallest absolute Gasteiger partial charge is 0.251 e. The summed E-state index contributed by atoms with van der Waals surface area (Å²) in [6.45, 7) is 7.61. The molecule has 0 bridgehead atoms. The Morgan fingerprint density at radius 3 is 2.53 bits per heavy atom. The largest absolute Gasteiger partial charge is 0.495 e. The molecular formula is C21H33N3O5S. The molecule has 0 unspecified atom stereocenters. The fourth-order valence-corrected chi connectivity index (χ4v) is 5.53. The van der Waals surface area contributed by atoms with E-state index in [1.54, 1.807) is 6.07 Å². The summed E-state index contributed by atoms with van der Waals surface area (Å²) in [5.41, 5.74) is 0.0607. The molecule has 1 aromatic carbocycles.